The molecule has 0 spiro atoms. The number of anilines is 2. The number of hydrogen-bond acceptors (Lipinski definition) is 3. The summed E-state index contributed by atoms with van der Waals surface area (Å²) in [7, 11) is 0. The molecule has 4 nitrogen and oxygen atoms in total. The van der Waals surface area contributed by atoms with Gasteiger partial charge in [-0.1, -0.05) is 82.3 Å². The number of carbonyl (C=O) groups excluding carboxylic acids is 1. The normalized spacial score (nSPS) is 13.3. The van der Waals surface area contributed by atoms with Crippen molar-refractivity contribution in [1.82, 2.24) is 0 Å². The summed E-state index contributed by atoms with van der Waals surface area (Å²) in [5, 5.41) is 0. The first kappa shape index (κ1) is 25.6. The molecule has 6 N–H and O–H groups in total. The summed E-state index contributed by atoms with van der Waals surface area (Å²) in [5.41, 5.74) is 32.1. The van der Waals surface area contributed by atoms with E-state index in [1.807, 2.05) is 18.2 Å². The highest BCUT2D eigenvalue weighted by molar-refractivity contribution is 5.96. The van der Waals surface area contributed by atoms with Gasteiger partial charge in [0.25, 0.3) is 0 Å². The SMILES string of the molecule is CCc1cc(C2(c3cc(CC)c(N)c(CC)c3)c3ccccc3-c3ccc(C(N)=O)cc32)cc(CC)c1N. The van der Waals surface area contributed by atoms with Crippen molar-refractivity contribution < 1.29 is 4.79 Å². The minimum absolute atomic E-state index is 0.431. The Morgan fingerprint density at radius 2 is 1.08 bits per heavy atom. The summed E-state index contributed by atoms with van der Waals surface area (Å²) >= 11 is 0. The van der Waals surface area contributed by atoms with Crippen LogP contribution >= 0.6 is 0 Å². The van der Waals surface area contributed by atoms with E-state index in [0.717, 1.165) is 81.6 Å². The predicted molar refractivity (Wildman–Crippen MR) is 159 cm³/mol. The Bertz CT molecular complexity index is 1450. The van der Waals surface area contributed by atoms with Gasteiger partial charge in [-0.3, -0.25) is 4.79 Å². The van der Waals surface area contributed by atoms with Crippen molar-refractivity contribution in [2.45, 2.75) is 58.8 Å². The van der Waals surface area contributed by atoms with E-state index < -0.39 is 11.3 Å². The Balaban J connectivity index is 2.03. The van der Waals surface area contributed by atoms with Crippen LogP contribution in [0.3, 0.4) is 0 Å². The number of amides is 1. The van der Waals surface area contributed by atoms with Crippen molar-refractivity contribution >= 4 is 17.3 Å². The van der Waals surface area contributed by atoms with Crippen molar-refractivity contribution in [3.8, 4) is 11.1 Å². The van der Waals surface area contributed by atoms with Gasteiger partial charge >= 0.3 is 0 Å². The lowest BCUT2D eigenvalue weighted by Crippen LogP contribution is -2.30. The van der Waals surface area contributed by atoms with Crippen LogP contribution in [0, 0.1) is 0 Å². The maximum atomic E-state index is 12.4. The van der Waals surface area contributed by atoms with Gasteiger partial charge in [-0.25, -0.2) is 0 Å². The summed E-state index contributed by atoms with van der Waals surface area (Å²) < 4.78 is 0. The molecule has 0 bridgehead atoms. The zero-order valence-electron chi connectivity index (χ0n) is 22.8. The van der Waals surface area contributed by atoms with Crippen LogP contribution in [-0.4, -0.2) is 5.91 Å². The largest absolute Gasteiger partial charge is 0.398 e. The molecule has 4 heteroatoms. The Morgan fingerprint density at radius 1 is 0.632 bits per heavy atom. The van der Waals surface area contributed by atoms with Crippen molar-refractivity contribution in [1.29, 1.82) is 0 Å². The Hall–Kier alpha value is -4.05. The third-order valence-corrected chi connectivity index (χ3v) is 8.42. The average Bonchev–Trinajstić information content (AvgIpc) is 3.24. The van der Waals surface area contributed by atoms with Crippen LogP contribution in [0.2, 0.25) is 0 Å². The minimum Gasteiger partial charge on any atom is -0.398 e. The van der Waals surface area contributed by atoms with Gasteiger partial charge in [-0.2, -0.15) is 0 Å². The van der Waals surface area contributed by atoms with E-state index in [2.05, 4.69) is 76.2 Å². The van der Waals surface area contributed by atoms with Gasteiger partial charge in [0.1, 0.15) is 0 Å². The van der Waals surface area contributed by atoms with E-state index in [4.69, 9.17) is 17.2 Å². The smallest absolute Gasteiger partial charge is 0.248 e. The van der Waals surface area contributed by atoms with Gasteiger partial charge in [0.05, 0.1) is 5.41 Å². The van der Waals surface area contributed by atoms with Crippen LogP contribution in [0.4, 0.5) is 11.4 Å². The standard InChI is InChI=1S/C34H37N3O/c1-5-20-15-25(16-21(6-2)31(20)35)34(26-17-22(7-3)32(36)23(8-4)18-26)29-12-10-9-11-27(29)28-14-13-24(33(37)38)19-30(28)34/h9-19H,5-8,35-36H2,1-4H3,(H2,37,38). The molecule has 0 aliphatic heterocycles. The van der Waals surface area contributed by atoms with Crippen LogP contribution in [0.15, 0.2) is 66.7 Å². The number of nitrogens with two attached hydrogens (primary N) is 3. The fraction of sp³-hybridized carbons (Fsp3) is 0.265. The third-order valence-electron chi connectivity index (χ3n) is 8.42. The van der Waals surface area contributed by atoms with E-state index in [9.17, 15) is 4.79 Å². The van der Waals surface area contributed by atoms with Crippen LogP contribution in [0.1, 0.15) is 82.6 Å². The number of primary amides is 1. The van der Waals surface area contributed by atoms with Gasteiger partial charge in [-0.05, 0) is 93.5 Å². The molecule has 4 aromatic rings. The molecule has 0 saturated heterocycles. The second-order valence-corrected chi connectivity index (χ2v) is 10.3. The number of nitrogen functional groups attached to an aromatic ring is 2. The Labute approximate surface area is 225 Å². The van der Waals surface area contributed by atoms with Gasteiger partial charge in [0.2, 0.25) is 5.91 Å². The minimum atomic E-state index is -0.652. The first-order chi connectivity index (χ1) is 18.3. The summed E-state index contributed by atoms with van der Waals surface area (Å²) in [6.07, 6.45) is 3.34. The van der Waals surface area contributed by atoms with E-state index in [0.29, 0.717) is 5.56 Å². The highest BCUT2D eigenvalue weighted by atomic mass is 16.1. The summed E-state index contributed by atoms with van der Waals surface area (Å²) in [6, 6.07) is 23.5. The molecule has 5 rings (SSSR count). The lowest BCUT2D eigenvalue weighted by molar-refractivity contribution is 0.1000. The number of rotatable bonds is 7. The van der Waals surface area contributed by atoms with Crippen LogP contribution in [0.25, 0.3) is 11.1 Å². The number of fused-ring (bicyclic) bond motifs is 3. The molecule has 0 fully saturated rings. The molecule has 1 aliphatic rings. The summed E-state index contributed by atoms with van der Waals surface area (Å²) in [6.45, 7) is 8.60. The molecule has 1 aliphatic carbocycles. The van der Waals surface area contributed by atoms with Crippen LogP contribution < -0.4 is 17.2 Å². The number of aryl methyl sites for hydroxylation is 4. The van der Waals surface area contributed by atoms with Crippen LogP contribution in [0.5, 0.6) is 0 Å². The lowest BCUT2D eigenvalue weighted by atomic mass is 9.66. The summed E-state index contributed by atoms with van der Waals surface area (Å²) in [5.74, 6) is -0.431. The first-order valence-electron chi connectivity index (χ1n) is 13.7. The zero-order valence-corrected chi connectivity index (χ0v) is 22.8. The molecular weight excluding hydrogens is 466 g/mol. The van der Waals surface area contributed by atoms with Crippen molar-refractivity contribution in [3.05, 3.63) is 117 Å². The quantitative estimate of drug-likeness (QED) is 0.219. The molecule has 0 aromatic heterocycles. The maximum absolute atomic E-state index is 12.4. The van der Waals surface area contributed by atoms with Gasteiger partial charge in [0.15, 0.2) is 0 Å². The molecular formula is C34H37N3O. The van der Waals surface area contributed by atoms with E-state index in [-0.39, 0.29) is 0 Å². The maximum Gasteiger partial charge on any atom is 0.248 e. The predicted octanol–water partition coefficient (Wildman–Crippen LogP) is 6.56. The monoisotopic (exact) mass is 503 g/mol. The van der Waals surface area contributed by atoms with Crippen molar-refractivity contribution in [3.63, 3.8) is 0 Å². The Morgan fingerprint density at radius 3 is 1.53 bits per heavy atom. The highest BCUT2D eigenvalue weighted by Gasteiger charge is 2.47. The third kappa shape index (κ3) is 3.62. The molecule has 38 heavy (non-hydrogen) atoms. The first-order valence-corrected chi connectivity index (χ1v) is 13.7. The average molecular weight is 504 g/mol. The van der Waals surface area contributed by atoms with E-state index in [1.54, 1.807) is 0 Å². The molecule has 1 amide bonds. The topological polar surface area (TPSA) is 95.1 Å². The second kappa shape index (κ2) is 9.68. The second-order valence-electron chi connectivity index (χ2n) is 10.3. The molecule has 0 radical (unpaired) electrons. The lowest BCUT2D eigenvalue weighted by Gasteiger charge is -2.36. The molecule has 0 unspecified atom stereocenters. The highest BCUT2D eigenvalue weighted by Crippen LogP contribution is 2.57. The fourth-order valence-corrected chi connectivity index (χ4v) is 6.38. The molecule has 0 atom stereocenters. The fourth-order valence-electron chi connectivity index (χ4n) is 6.38. The van der Waals surface area contributed by atoms with E-state index in [1.165, 1.54) is 11.1 Å². The molecule has 194 valence electrons. The van der Waals surface area contributed by atoms with Crippen molar-refractivity contribution in [2.75, 3.05) is 11.5 Å². The molecule has 4 aromatic carbocycles. The van der Waals surface area contributed by atoms with Crippen molar-refractivity contribution in [2.24, 2.45) is 5.73 Å². The zero-order chi connectivity index (χ0) is 27.2. The summed E-state index contributed by atoms with van der Waals surface area (Å²) in [4.78, 5) is 12.4. The van der Waals surface area contributed by atoms with Gasteiger partial charge in [0, 0.05) is 16.9 Å². The van der Waals surface area contributed by atoms with Gasteiger partial charge < -0.3 is 17.2 Å². The molecule has 0 saturated carbocycles. The van der Waals surface area contributed by atoms with E-state index >= 15 is 0 Å². The Kier molecular flexibility index (Phi) is 6.52. The van der Waals surface area contributed by atoms with Gasteiger partial charge in [-0.15, -0.1) is 0 Å². The number of carbonyl (C=O) groups is 1. The molecule has 0 heterocycles. The number of benzene rings is 4. The van der Waals surface area contributed by atoms with Crippen LogP contribution in [-0.2, 0) is 31.1 Å². The number of hydrogen-bond donors (Lipinski definition) is 3.